The molecule has 3 nitrogen and oxygen atoms in total. The minimum atomic E-state index is -0.412. The molecule has 3 N–H and O–H groups in total. The minimum absolute atomic E-state index is 0.201. The molecule has 0 fully saturated rings. The van der Waals surface area contributed by atoms with Crippen LogP contribution in [0.15, 0.2) is 48.5 Å². The van der Waals surface area contributed by atoms with Crippen LogP contribution in [0, 0.1) is 5.92 Å². The van der Waals surface area contributed by atoms with Gasteiger partial charge in [0, 0.05) is 5.56 Å². The maximum absolute atomic E-state index is 11.0. The van der Waals surface area contributed by atoms with Crippen LogP contribution in [0.4, 0.5) is 0 Å². The van der Waals surface area contributed by atoms with E-state index in [4.69, 9.17) is 5.73 Å². The van der Waals surface area contributed by atoms with E-state index in [9.17, 15) is 9.90 Å². The smallest absolute Gasteiger partial charge is 0.248 e. The van der Waals surface area contributed by atoms with Crippen molar-refractivity contribution in [2.75, 3.05) is 0 Å². The second kappa shape index (κ2) is 5.10. The van der Waals surface area contributed by atoms with Gasteiger partial charge in [-0.05, 0) is 47.6 Å². The molecule has 1 aliphatic carbocycles. The van der Waals surface area contributed by atoms with Crippen molar-refractivity contribution in [3.8, 4) is 0 Å². The van der Waals surface area contributed by atoms with Gasteiger partial charge in [-0.1, -0.05) is 36.4 Å². The molecule has 0 unspecified atom stereocenters. The number of nitrogens with two attached hydrogens (primary N) is 1. The number of aliphatic hydroxyl groups is 1. The van der Waals surface area contributed by atoms with Crippen LogP contribution in [0.5, 0.6) is 0 Å². The highest BCUT2D eigenvalue weighted by Gasteiger charge is 2.30. The Hall–Kier alpha value is -2.13. The lowest BCUT2D eigenvalue weighted by molar-refractivity contribution is 0.1000. The summed E-state index contributed by atoms with van der Waals surface area (Å²) in [5.41, 5.74) is 9.15. The first-order valence-electron chi connectivity index (χ1n) is 6.80. The highest BCUT2D eigenvalue weighted by Crippen LogP contribution is 2.37. The Kier molecular flexibility index (Phi) is 3.28. The van der Waals surface area contributed by atoms with Crippen LogP contribution in [-0.2, 0) is 12.8 Å². The Labute approximate surface area is 118 Å². The molecule has 0 heterocycles. The maximum atomic E-state index is 11.0. The van der Waals surface area contributed by atoms with Crippen molar-refractivity contribution < 1.29 is 9.90 Å². The van der Waals surface area contributed by atoms with Crippen molar-refractivity contribution in [2.24, 2.45) is 11.7 Å². The Bertz CT molecular complexity index is 634. The molecule has 3 heteroatoms. The molecule has 2 aromatic rings. The summed E-state index contributed by atoms with van der Waals surface area (Å²) in [6, 6.07) is 15.4. The number of carbonyl (C=O) groups is 1. The molecule has 0 saturated carbocycles. The Balaban J connectivity index is 1.75. The summed E-state index contributed by atoms with van der Waals surface area (Å²) in [6.45, 7) is 0. The number of rotatable bonds is 3. The van der Waals surface area contributed by atoms with Crippen molar-refractivity contribution in [1.82, 2.24) is 0 Å². The molecule has 0 aliphatic heterocycles. The highest BCUT2D eigenvalue weighted by atomic mass is 16.3. The molecule has 0 bridgehead atoms. The van der Waals surface area contributed by atoms with Gasteiger partial charge in [-0.25, -0.2) is 0 Å². The molecule has 3 rings (SSSR count). The molecule has 2 atom stereocenters. The summed E-state index contributed by atoms with van der Waals surface area (Å²) in [7, 11) is 0. The first kappa shape index (κ1) is 12.9. The Morgan fingerprint density at radius 3 is 2.50 bits per heavy atom. The molecule has 2 aromatic carbocycles. The van der Waals surface area contributed by atoms with E-state index >= 15 is 0 Å². The molecule has 1 amide bonds. The van der Waals surface area contributed by atoms with Crippen molar-refractivity contribution in [3.05, 3.63) is 70.8 Å². The first-order chi connectivity index (χ1) is 9.65. The van der Waals surface area contributed by atoms with E-state index in [1.807, 2.05) is 30.3 Å². The van der Waals surface area contributed by atoms with Gasteiger partial charge in [-0.3, -0.25) is 4.79 Å². The lowest BCUT2D eigenvalue weighted by Crippen LogP contribution is -2.12. The molecule has 1 aliphatic rings. The number of hydrogen-bond donors (Lipinski definition) is 2. The number of fused-ring (bicyclic) bond motifs is 1. The van der Waals surface area contributed by atoms with Gasteiger partial charge in [-0.15, -0.1) is 0 Å². The van der Waals surface area contributed by atoms with E-state index in [0.29, 0.717) is 5.56 Å². The lowest BCUT2D eigenvalue weighted by atomic mass is 9.94. The molecule has 0 spiro atoms. The molecule has 0 aromatic heterocycles. The normalized spacial score (nSPS) is 20.6. The van der Waals surface area contributed by atoms with Crippen LogP contribution in [0.3, 0.4) is 0 Å². The Morgan fingerprint density at radius 1 is 1.15 bits per heavy atom. The third-order valence-corrected chi connectivity index (χ3v) is 4.04. The summed E-state index contributed by atoms with van der Waals surface area (Å²) < 4.78 is 0. The van der Waals surface area contributed by atoms with Gasteiger partial charge in [0.05, 0.1) is 6.10 Å². The summed E-state index contributed by atoms with van der Waals surface area (Å²) in [5, 5.41) is 10.4. The summed E-state index contributed by atoms with van der Waals surface area (Å²) in [5.74, 6) is -0.211. The third kappa shape index (κ3) is 2.32. The molecular weight excluding hydrogens is 250 g/mol. The lowest BCUT2D eigenvalue weighted by Gasteiger charge is -2.15. The SMILES string of the molecule is NC(=O)c1ccc(C[C@@H]2Cc3ccccc3[C@@H]2O)cc1. The summed E-state index contributed by atoms with van der Waals surface area (Å²) in [4.78, 5) is 11.0. The molecule has 0 radical (unpaired) electrons. The number of primary amides is 1. The second-order valence-electron chi connectivity index (χ2n) is 5.37. The number of benzene rings is 2. The van der Waals surface area contributed by atoms with Gasteiger partial charge in [0.1, 0.15) is 0 Å². The standard InChI is InChI=1S/C17H17NO2/c18-17(20)12-7-5-11(6-8-12)9-14-10-13-3-1-2-4-15(13)16(14)19/h1-8,14,16,19H,9-10H2,(H2,18,20)/t14-,16-/m1/s1. The third-order valence-electron chi connectivity index (χ3n) is 4.04. The van der Waals surface area contributed by atoms with Gasteiger partial charge in [-0.2, -0.15) is 0 Å². The predicted molar refractivity (Wildman–Crippen MR) is 77.3 cm³/mol. The maximum Gasteiger partial charge on any atom is 0.248 e. The summed E-state index contributed by atoms with van der Waals surface area (Å²) >= 11 is 0. The molecular formula is C17H17NO2. The van der Waals surface area contributed by atoms with E-state index in [0.717, 1.165) is 24.0 Å². The van der Waals surface area contributed by atoms with Crippen molar-refractivity contribution in [3.63, 3.8) is 0 Å². The van der Waals surface area contributed by atoms with Crippen LogP contribution in [0.25, 0.3) is 0 Å². The zero-order valence-corrected chi connectivity index (χ0v) is 11.1. The Morgan fingerprint density at radius 2 is 1.85 bits per heavy atom. The second-order valence-corrected chi connectivity index (χ2v) is 5.37. The molecule has 20 heavy (non-hydrogen) atoms. The zero-order chi connectivity index (χ0) is 14.1. The predicted octanol–water partition coefficient (Wildman–Crippen LogP) is 2.23. The number of aliphatic hydroxyl groups excluding tert-OH is 1. The fourth-order valence-electron chi connectivity index (χ4n) is 2.95. The minimum Gasteiger partial charge on any atom is -0.388 e. The van der Waals surface area contributed by atoms with Gasteiger partial charge in [0.15, 0.2) is 0 Å². The number of hydrogen-bond acceptors (Lipinski definition) is 2. The van der Waals surface area contributed by atoms with Gasteiger partial charge in [0.2, 0.25) is 5.91 Å². The number of carbonyl (C=O) groups excluding carboxylic acids is 1. The van der Waals surface area contributed by atoms with Crippen LogP contribution >= 0.6 is 0 Å². The fraction of sp³-hybridized carbons (Fsp3) is 0.235. The number of amides is 1. The van der Waals surface area contributed by atoms with E-state index in [-0.39, 0.29) is 5.92 Å². The van der Waals surface area contributed by atoms with Crippen molar-refractivity contribution >= 4 is 5.91 Å². The zero-order valence-electron chi connectivity index (χ0n) is 11.1. The van der Waals surface area contributed by atoms with Crippen molar-refractivity contribution in [2.45, 2.75) is 18.9 Å². The van der Waals surface area contributed by atoms with E-state index in [2.05, 4.69) is 6.07 Å². The van der Waals surface area contributed by atoms with Gasteiger partial charge >= 0.3 is 0 Å². The quantitative estimate of drug-likeness (QED) is 0.895. The first-order valence-corrected chi connectivity index (χ1v) is 6.80. The van der Waals surface area contributed by atoms with Crippen LogP contribution in [0.1, 0.15) is 33.2 Å². The molecule has 0 saturated heterocycles. The summed E-state index contributed by atoms with van der Waals surface area (Å²) in [6.07, 6.45) is 1.30. The largest absolute Gasteiger partial charge is 0.388 e. The van der Waals surface area contributed by atoms with Crippen LogP contribution in [0.2, 0.25) is 0 Å². The van der Waals surface area contributed by atoms with Gasteiger partial charge in [0.25, 0.3) is 0 Å². The highest BCUT2D eigenvalue weighted by molar-refractivity contribution is 5.92. The van der Waals surface area contributed by atoms with Crippen molar-refractivity contribution in [1.29, 1.82) is 0 Å². The van der Waals surface area contributed by atoms with E-state index in [1.165, 1.54) is 5.56 Å². The monoisotopic (exact) mass is 267 g/mol. The molecule has 102 valence electrons. The average molecular weight is 267 g/mol. The van der Waals surface area contributed by atoms with Gasteiger partial charge < -0.3 is 10.8 Å². The topological polar surface area (TPSA) is 63.3 Å². The van der Waals surface area contributed by atoms with Crippen LogP contribution < -0.4 is 5.73 Å². The average Bonchev–Trinajstić information content (AvgIpc) is 2.77. The van der Waals surface area contributed by atoms with E-state index in [1.54, 1.807) is 12.1 Å². The van der Waals surface area contributed by atoms with E-state index < -0.39 is 12.0 Å². The van der Waals surface area contributed by atoms with Crippen LogP contribution in [-0.4, -0.2) is 11.0 Å². The fourth-order valence-corrected chi connectivity index (χ4v) is 2.95.